The van der Waals surface area contributed by atoms with E-state index >= 15 is 0 Å². The third-order valence-electron chi connectivity index (χ3n) is 1.98. The highest BCUT2D eigenvalue weighted by Gasteiger charge is 2.09. The van der Waals surface area contributed by atoms with E-state index in [4.69, 9.17) is 0 Å². The Labute approximate surface area is 85.9 Å². The lowest BCUT2D eigenvalue weighted by molar-refractivity contribution is -0.111. The van der Waals surface area contributed by atoms with Gasteiger partial charge in [-0.25, -0.2) is 4.98 Å². The Morgan fingerprint density at radius 3 is 2.79 bits per heavy atom. The SMILES string of the molecule is C=C(C(C)=O)c1nc2ccccc2s1. The second kappa shape index (κ2) is 3.35. The summed E-state index contributed by atoms with van der Waals surface area (Å²) in [5.41, 5.74) is 1.42. The van der Waals surface area contributed by atoms with Gasteiger partial charge in [0.15, 0.2) is 5.78 Å². The quantitative estimate of drug-likeness (QED) is 0.702. The summed E-state index contributed by atoms with van der Waals surface area (Å²) in [4.78, 5) is 15.4. The molecule has 0 unspecified atom stereocenters. The molecule has 0 atom stereocenters. The maximum absolute atomic E-state index is 11.1. The van der Waals surface area contributed by atoms with Crippen LogP contribution in [0.1, 0.15) is 11.9 Å². The molecule has 2 aromatic rings. The van der Waals surface area contributed by atoms with Gasteiger partial charge in [-0.3, -0.25) is 4.79 Å². The van der Waals surface area contributed by atoms with Crippen molar-refractivity contribution in [2.24, 2.45) is 0 Å². The van der Waals surface area contributed by atoms with E-state index in [0.29, 0.717) is 5.57 Å². The van der Waals surface area contributed by atoms with Gasteiger partial charge in [0, 0.05) is 5.57 Å². The van der Waals surface area contributed by atoms with Crippen LogP contribution in [0.4, 0.5) is 0 Å². The van der Waals surface area contributed by atoms with Crippen molar-refractivity contribution in [3.8, 4) is 0 Å². The average Bonchev–Trinajstić information content (AvgIpc) is 2.59. The zero-order valence-electron chi connectivity index (χ0n) is 7.78. The van der Waals surface area contributed by atoms with Gasteiger partial charge in [-0.2, -0.15) is 0 Å². The normalized spacial score (nSPS) is 10.4. The van der Waals surface area contributed by atoms with E-state index in [0.717, 1.165) is 15.2 Å². The fraction of sp³-hybridized carbons (Fsp3) is 0.0909. The van der Waals surface area contributed by atoms with E-state index in [9.17, 15) is 4.79 Å². The highest BCUT2D eigenvalue weighted by atomic mass is 32.1. The first-order chi connectivity index (χ1) is 6.68. The van der Waals surface area contributed by atoms with Crippen molar-refractivity contribution < 1.29 is 4.79 Å². The number of aromatic nitrogens is 1. The molecule has 1 aromatic heterocycles. The Kier molecular flexibility index (Phi) is 2.17. The molecule has 0 amide bonds. The van der Waals surface area contributed by atoms with Crippen LogP contribution in [0.15, 0.2) is 30.8 Å². The van der Waals surface area contributed by atoms with Gasteiger partial charge in [0.1, 0.15) is 5.01 Å². The van der Waals surface area contributed by atoms with Crippen LogP contribution < -0.4 is 0 Å². The van der Waals surface area contributed by atoms with E-state index in [-0.39, 0.29) is 5.78 Å². The second-order valence-electron chi connectivity index (χ2n) is 3.02. The van der Waals surface area contributed by atoms with Crippen LogP contribution in [-0.2, 0) is 4.79 Å². The lowest BCUT2D eigenvalue weighted by Gasteiger charge is -1.91. The van der Waals surface area contributed by atoms with Crippen molar-refractivity contribution in [3.63, 3.8) is 0 Å². The van der Waals surface area contributed by atoms with Crippen LogP contribution in [0.25, 0.3) is 15.8 Å². The molecule has 0 aliphatic heterocycles. The Bertz CT molecular complexity index is 480. The third kappa shape index (κ3) is 1.46. The number of rotatable bonds is 2. The molecule has 0 saturated carbocycles. The van der Waals surface area contributed by atoms with E-state index in [2.05, 4.69) is 11.6 Å². The van der Waals surface area contributed by atoms with Gasteiger partial charge in [0.2, 0.25) is 0 Å². The number of benzene rings is 1. The van der Waals surface area contributed by atoms with Crippen molar-refractivity contribution in [2.45, 2.75) is 6.92 Å². The number of fused-ring (bicyclic) bond motifs is 1. The van der Waals surface area contributed by atoms with Crippen molar-refractivity contribution in [2.75, 3.05) is 0 Å². The number of carbonyl (C=O) groups is 1. The van der Waals surface area contributed by atoms with Crippen LogP contribution >= 0.6 is 11.3 Å². The number of thiazole rings is 1. The largest absolute Gasteiger partial charge is 0.294 e. The van der Waals surface area contributed by atoms with Crippen molar-refractivity contribution in [3.05, 3.63) is 35.9 Å². The predicted molar refractivity (Wildman–Crippen MR) is 59.3 cm³/mol. The molecule has 2 rings (SSSR count). The molecular formula is C11H9NOS. The lowest BCUT2D eigenvalue weighted by atomic mass is 10.2. The Balaban J connectivity index is 2.55. The van der Waals surface area contributed by atoms with Crippen LogP contribution in [0.3, 0.4) is 0 Å². The van der Waals surface area contributed by atoms with Gasteiger partial charge < -0.3 is 0 Å². The average molecular weight is 203 g/mol. The van der Waals surface area contributed by atoms with Crippen molar-refractivity contribution in [1.29, 1.82) is 0 Å². The van der Waals surface area contributed by atoms with Gasteiger partial charge in [-0.05, 0) is 19.1 Å². The molecule has 0 radical (unpaired) electrons. The molecule has 0 aliphatic carbocycles. The summed E-state index contributed by atoms with van der Waals surface area (Å²) < 4.78 is 1.09. The molecule has 2 nitrogen and oxygen atoms in total. The zero-order chi connectivity index (χ0) is 10.1. The minimum absolute atomic E-state index is 0.0240. The summed E-state index contributed by atoms with van der Waals surface area (Å²) in [6.45, 7) is 5.23. The minimum Gasteiger partial charge on any atom is -0.294 e. The molecule has 0 spiro atoms. The van der Waals surface area contributed by atoms with Crippen LogP contribution in [0, 0.1) is 0 Å². The predicted octanol–water partition coefficient (Wildman–Crippen LogP) is 2.90. The standard InChI is InChI=1S/C11H9NOS/c1-7(8(2)13)11-12-9-5-3-4-6-10(9)14-11/h3-6H,1H2,2H3. The maximum Gasteiger partial charge on any atom is 0.162 e. The number of carbonyl (C=O) groups excluding carboxylic acids is 1. The topological polar surface area (TPSA) is 30.0 Å². The summed E-state index contributed by atoms with van der Waals surface area (Å²) in [7, 11) is 0. The molecule has 0 aliphatic rings. The van der Waals surface area contributed by atoms with E-state index in [1.807, 2.05) is 24.3 Å². The molecule has 0 bridgehead atoms. The fourth-order valence-electron chi connectivity index (χ4n) is 1.15. The smallest absolute Gasteiger partial charge is 0.162 e. The Morgan fingerprint density at radius 1 is 1.43 bits per heavy atom. The molecule has 70 valence electrons. The number of nitrogens with zero attached hydrogens (tertiary/aromatic N) is 1. The molecular weight excluding hydrogens is 194 g/mol. The van der Waals surface area contributed by atoms with E-state index in [1.54, 1.807) is 0 Å². The first-order valence-corrected chi connectivity index (χ1v) is 5.06. The summed E-state index contributed by atoms with van der Waals surface area (Å²) in [6.07, 6.45) is 0. The Morgan fingerprint density at radius 2 is 2.14 bits per heavy atom. The highest BCUT2D eigenvalue weighted by molar-refractivity contribution is 7.19. The van der Waals surface area contributed by atoms with Crippen LogP contribution in [0.5, 0.6) is 0 Å². The summed E-state index contributed by atoms with van der Waals surface area (Å²) in [5, 5.41) is 0.721. The summed E-state index contributed by atoms with van der Waals surface area (Å²) >= 11 is 1.50. The molecule has 0 fully saturated rings. The molecule has 1 aromatic carbocycles. The number of hydrogen-bond acceptors (Lipinski definition) is 3. The van der Waals surface area contributed by atoms with Gasteiger partial charge in [0.25, 0.3) is 0 Å². The van der Waals surface area contributed by atoms with Crippen LogP contribution in [0.2, 0.25) is 0 Å². The summed E-state index contributed by atoms with van der Waals surface area (Å²) in [5.74, 6) is -0.0240. The van der Waals surface area contributed by atoms with E-state index < -0.39 is 0 Å². The monoisotopic (exact) mass is 203 g/mol. The first-order valence-electron chi connectivity index (χ1n) is 4.24. The maximum atomic E-state index is 11.1. The first kappa shape index (κ1) is 9.09. The fourth-order valence-corrected chi connectivity index (χ4v) is 2.14. The molecule has 3 heteroatoms. The highest BCUT2D eigenvalue weighted by Crippen LogP contribution is 2.26. The molecule has 0 saturated heterocycles. The summed E-state index contributed by atoms with van der Waals surface area (Å²) in [6, 6.07) is 7.82. The van der Waals surface area contributed by atoms with Gasteiger partial charge in [0.05, 0.1) is 10.2 Å². The zero-order valence-corrected chi connectivity index (χ0v) is 8.60. The number of hydrogen-bond donors (Lipinski definition) is 0. The van der Waals surface area contributed by atoms with Crippen LogP contribution in [-0.4, -0.2) is 10.8 Å². The third-order valence-corrected chi connectivity index (χ3v) is 3.07. The second-order valence-corrected chi connectivity index (χ2v) is 4.05. The van der Waals surface area contributed by atoms with Crippen molar-refractivity contribution >= 4 is 32.9 Å². The van der Waals surface area contributed by atoms with Crippen molar-refractivity contribution in [1.82, 2.24) is 4.98 Å². The van der Waals surface area contributed by atoms with E-state index in [1.165, 1.54) is 18.3 Å². The molecule has 14 heavy (non-hydrogen) atoms. The number of allylic oxidation sites excluding steroid dienone is 1. The van der Waals surface area contributed by atoms with Gasteiger partial charge >= 0.3 is 0 Å². The van der Waals surface area contributed by atoms with Gasteiger partial charge in [-0.1, -0.05) is 18.7 Å². The lowest BCUT2D eigenvalue weighted by Crippen LogP contribution is -1.92. The minimum atomic E-state index is -0.0240. The molecule has 1 heterocycles. The Hall–Kier alpha value is -1.48. The number of ketones is 1. The molecule has 0 N–H and O–H groups in total. The number of para-hydroxylation sites is 1. The van der Waals surface area contributed by atoms with Gasteiger partial charge in [-0.15, -0.1) is 11.3 Å². The number of Topliss-reactive ketones (excluding diaryl/α,β-unsaturated/α-hetero) is 1.